The molecule has 2 rings (SSSR count). The van der Waals surface area contributed by atoms with Crippen LogP contribution in [0.4, 0.5) is 11.4 Å². The summed E-state index contributed by atoms with van der Waals surface area (Å²) in [5, 5.41) is 3.25. The molecule has 4 nitrogen and oxygen atoms in total. The van der Waals surface area contributed by atoms with Crippen molar-refractivity contribution in [3.63, 3.8) is 0 Å². The molecule has 0 aliphatic heterocycles. The van der Waals surface area contributed by atoms with Crippen molar-refractivity contribution in [1.29, 1.82) is 0 Å². The zero-order chi connectivity index (χ0) is 14.4. The minimum Gasteiger partial charge on any atom is -0.396 e. The van der Waals surface area contributed by atoms with E-state index >= 15 is 0 Å². The fourth-order valence-electron chi connectivity index (χ4n) is 2.09. The number of nitrogens with two attached hydrogens (primary N) is 2. The highest BCUT2D eigenvalue weighted by molar-refractivity contribution is 6.00. The lowest BCUT2D eigenvalue weighted by molar-refractivity contribution is 0.100. The van der Waals surface area contributed by atoms with Crippen molar-refractivity contribution in [2.24, 2.45) is 5.73 Å². The number of anilines is 2. The second kappa shape index (κ2) is 6.61. The molecular formula is C16H19N3O. The van der Waals surface area contributed by atoms with Crippen LogP contribution < -0.4 is 16.8 Å². The summed E-state index contributed by atoms with van der Waals surface area (Å²) in [4.78, 5) is 11.2. The number of carbonyl (C=O) groups is 1. The van der Waals surface area contributed by atoms with Gasteiger partial charge in [-0.1, -0.05) is 36.4 Å². The molecule has 0 saturated carbocycles. The van der Waals surface area contributed by atoms with Crippen LogP contribution in [0.15, 0.2) is 48.5 Å². The van der Waals surface area contributed by atoms with E-state index in [0.717, 1.165) is 25.1 Å². The van der Waals surface area contributed by atoms with Gasteiger partial charge in [0.15, 0.2) is 0 Å². The standard InChI is InChI=1S/C16H19N3O/c17-15-13(16(18)20)9-4-10-14(15)19-11-5-8-12-6-2-1-3-7-12/h1-4,6-7,9-10,19H,5,8,11,17H2,(H2,18,20). The first-order chi connectivity index (χ1) is 9.68. The number of carbonyl (C=O) groups excluding carboxylic acids is 1. The van der Waals surface area contributed by atoms with Gasteiger partial charge in [-0.15, -0.1) is 0 Å². The number of para-hydroxylation sites is 1. The van der Waals surface area contributed by atoms with Gasteiger partial charge in [-0.05, 0) is 30.5 Å². The second-order valence-electron chi connectivity index (χ2n) is 4.65. The number of nitrogens with one attached hydrogen (secondary N) is 1. The molecule has 0 aromatic heterocycles. The van der Waals surface area contributed by atoms with Crippen LogP contribution >= 0.6 is 0 Å². The van der Waals surface area contributed by atoms with Gasteiger partial charge in [0, 0.05) is 6.54 Å². The molecule has 2 aromatic carbocycles. The van der Waals surface area contributed by atoms with Crippen LogP contribution in [0.25, 0.3) is 0 Å². The van der Waals surface area contributed by atoms with Crippen LogP contribution in [0.5, 0.6) is 0 Å². The van der Waals surface area contributed by atoms with E-state index in [1.807, 2.05) is 24.3 Å². The number of hydrogen-bond donors (Lipinski definition) is 3. The number of benzene rings is 2. The first kappa shape index (κ1) is 13.9. The lowest BCUT2D eigenvalue weighted by Crippen LogP contribution is -2.15. The molecule has 0 atom stereocenters. The Balaban J connectivity index is 1.88. The predicted molar refractivity (Wildman–Crippen MR) is 82.6 cm³/mol. The minimum atomic E-state index is -0.504. The molecular weight excluding hydrogens is 250 g/mol. The zero-order valence-electron chi connectivity index (χ0n) is 11.3. The summed E-state index contributed by atoms with van der Waals surface area (Å²) < 4.78 is 0. The molecule has 104 valence electrons. The Hall–Kier alpha value is -2.49. The highest BCUT2D eigenvalue weighted by Crippen LogP contribution is 2.22. The number of nitrogen functional groups attached to an aromatic ring is 1. The third kappa shape index (κ3) is 3.51. The Morgan fingerprint density at radius 2 is 1.80 bits per heavy atom. The summed E-state index contributed by atoms with van der Waals surface area (Å²) in [6.45, 7) is 0.793. The van der Waals surface area contributed by atoms with E-state index in [9.17, 15) is 4.79 Å². The van der Waals surface area contributed by atoms with Crippen LogP contribution in [-0.4, -0.2) is 12.5 Å². The van der Waals surface area contributed by atoms with E-state index in [0.29, 0.717) is 11.3 Å². The summed E-state index contributed by atoms with van der Waals surface area (Å²) >= 11 is 0. The molecule has 0 saturated heterocycles. The summed E-state index contributed by atoms with van der Waals surface area (Å²) in [5.41, 5.74) is 14.0. The van der Waals surface area contributed by atoms with Crippen molar-refractivity contribution < 1.29 is 4.79 Å². The number of aryl methyl sites for hydroxylation is 1. The van der Waals surface area contributed by atoms with E-state index in [4.69, 9.17) is 11.5 Å². The third-order valence-electron chi connectivity index (χ3n) is 3.17. The molecule has 0 spiro atoms. The van der Waals surface area contributed by atoms with Crippen molar-refractivity contribution >= 4 is 17.3 Å². The van der Waals surface area contributed by atoms with Crippen molar-refractivity contribution in [3.05, 3.63) is 59.7 Å². The summed E-state index contributed by atoms with van der Waals surface area (Å²) in [6.07, 6.45) is 1.99. The van der Waals surface area contributed by atoms with E-state index in [-0.39, 0.29) is 0 Å². The Labute approximate surface area is 118 Å². The normalized spacial score (nSPS) is 10.2. The van der Waals surface area contributed by atoms with Crippen LogP contribution in [0, 0.1) is 0 Å². The molecule has 20 heavy (non-hydrogen) atoms. The number of hydrogen-bond acceptors (Lipinski definition) is 3. The third-order valence-corrected chi connectivity index (χ3v) is 3.17. The van der Waals surface area contributed by atoms with Crippen LogP contribution in [0.1, 0.15) is 22.3 Å². The first-order valence-corrected chi connectivity index (χ1v) is 6.64. The highest BCUT2D eigenvalue weighted by atomic mass is 16.1. The van der Waals surface area contributed by atoms with Crippen molar-refractivity contribution in [1.82, 2.24) is 0 Å². The predicted octanol–water partition coefficient (Wildman–Crippen LogP) is 2.41. The lowest BCUT2D eigenvalue weighted by Gasteiger charge is -2.11. The molecule has 4 heteroatoms. The maximum Gasteiger partial charge on any atom is 0.250 e. The Bertz CT molecular complexity index is 582. The van der Waals surface area contributed by atoms with Gasteiger partial charge in [0.05, 0.1) is 16.9 Å². The van der Waals surface area contributed by atoms with Gasteiger partial charge in [0.1, 0.15) is 0 Å². The Morgan fingerprint density at radius 3 is 2.50 bits per heavy atom. The fraction of sp³-hybridized carbons (Fsp3) is 0.188. The Morgan fingerprint density at radius 1 is 1.05 bits per heavy atom. The maximum atomic E-state index is 11.2. The molecule has 0 bridgehead atoms. The summed E-state index contributed by atoms with van der Waals surface area (Å²) in [6, 6.07) is 15.6. The van der Waals surface area contributed by atoms with E-state index < -0.39 is 5.91 Å². The fourth-order valence-corrected chi connectivity index (χ4v) is 2.09. The van der Waals surface area contributed by atoms with Crippen LogP contribution in [0.3, 0.4) is 0 Å². The summed E-state index contributed by atoms with van der Waals surface area (Å²) in [5.74, 6) is -0.504. The molecule has 0 fully saturated rings. The van der Waals surface area contributed by atoms with Gasteiger partial charge >= 0.3 is 0 Å². The zero-order valence-corrected chi connectivity index (χ0v) is 11.3. The van der Waals surface area contributed by atoms with Gasteiger partial charge in [0.2, 0.25) is 0 Å². The van der Waals surface area contributed by atoms with E-state index in [1.54, 1.807) is 12.1 Å². The quantitative estimate of drug-likeness (QED) is 0.556. The molecule has 5 N–H and O–H groups in total. The van der Waals surface area contributed by atoms with Crippen LogP contribution in [0.2, 0.25) is 0 Å². The van der Waals surface area contributed by atoms with E-state index in [1.165, 1.54) is 5.56 Å². The minimum absolute atomic E-state index is 0.359. The molecule has 0 heterocycles. The highest BCUT2D eigenvalue weighted by Gasteiger charge is 2.08. The topological polar surface area (TPSA) is 81.1 Å². The molecule has 1 amide bonds. The first-order valence-electron chi connectivity index (χ1n) is 6.64. The second-order valence-corrected chi connectivity index (χ2v) is 4.65. The van der Waals surface area contributed by atoms with Gasteiger partial charge in [-0.2, -0.15) is 0 Å². The van der Waals surface area contributed by atoms with Crippen LogP contribution in [-0.2, 0) is 6.42 Å². The monoisotopic (exact) mass is 269 g/mol. The smallest absolute Gasteiger partial charge is 0.250 e. The molecule has 0 aliphatic rings. The van der Waals surface area contributed by atoms with Crippen molar-refractivity contribution in [2.75, 3.05) is 17.6 Å². The molecule has 0 unspecified atom stereocenters. The SMILES string of the molecule is NC(=O)c1cccc(NCCCc2ccccc2)c1N. The lowest BCUT2D eigenvalue weighted by atomic mass is 10.1. The molecule has 2 aromatic rings. The molecule has 0 aliphatic carbocycles. The number of amides is 1. The maximum absolute atomic E-state index is 11.2. The number of rotatable bonds is 6. The van der Waals surface area contributed by atoms with Gasteiger partial charge in [-0.25, -0.2) is 0 Å². The average Bonchev–Trinajstić information content (AvgIpc) is 2.46. The Kier molecular flexibility index (Phi) is 4.60. The van der Waals surface area contributed by atoms with Gasteiger partial charge < -0.3 is 16.8 Å². The summed E-state index contributed by atoms with van der Waals surface area (Å²) in [7, 11) is 0. The van der Waals surface area contributed by atoms with Crippen molar-refractivity contribution in [3.8, 4) is 0 Å². The number of primary amides is 1. The largest absolute Gasteiger partial charge is 0.396 e. The average molecular weight is 269 g/mol. The van der Waals surface area contributed by atoms with Gasteiger partial charge in [-0.3, -0.25) is 4.79 Å². The molecule has 0 radical (unpaired) electrons. The van der Waals surface area contributed by atoms with Gasteiger partial charge in [0.25, 0.3) is 5.91 Å². The van der Waals surface area contributed by atoms with Crippen molar-refractivity contribution in [2.45, 2.75) is 12.8 Å². The van der Waals surface area contributed by atoms with E-state index in [2.05, 4.69) is 17.4 Å².